The first kappa shape index (κ1) is 31.3. The molecule has 1 aliphatic rings. The first-order valence-electron chi connectivity index (χ1n) is 13.2. The van der Waals surface area contributed by atoms with Crippen LogP contribution in [-0.2, 0) is 24.5 Å². The Morgan fingerprint density at radius 1 is 1.02 bits per heavy atom. The lowest BCUT2D eigenvalue weighted by atomic mass is 9.78. The third-order valence-electron chi connectivity index (χ3n) is 6.02. The number of aromatic nitrogens is 3. The van der Waals surface area contributed by atoms with Gasteiger partial charge in [-0.25, -0.2) is 0 Å². The molecule has 0 fully saturated rings. The van der Waals surface area contributed by atoms with E-state index in [2.05, 4.69) is 10.2 Å². The van der Waals surface area contributed by atoms with E-state index in [4.69, 9.17) is 19.3 Å². The van der Waals surface area contributed by atoms with Crippen LogP contribution in [0.3, 0.4) is 0 Å². The molecule has 1 aromatic heterocycles. The van der Waals surface area contributed by atoms with Crippen molar-refractivity contribution in [3.8, 4) is 23.0 Å². The van der Waals surface area contributed by atoms with Gasteiger partial charge in [-0.1, -0.05) is 53.3 Å². The molecule has 40 heavy (non-hydrogen) atoms. The van der Waals surface area contributed by atoms with Gasteiger partial charge in [0.2, 0.25) is 6.79 Å². The summed E-state index contributed by atoms with van der Waals surface area (Å²) >= 11 is 1.32. The minimum atomic E-state index is -0.302. The fourth-order valence-corrected chi connectivity index (χ4v) is 4.69. The highest BCUT2D eigenvalue weighted by molar-refractivity contribution is 7.99. The Balaban J connectivity index is 0.00000103. The number of nitrogens with zero attached hydrogens (tertiary/aromatic N) is 3. The van der Waals surface area contributed by atoms with Crippen LogP contribution >= 0.6 is 11.8 Å². The number of aliphatic hydroxyl groups is 1. The SMILES string of the molecule is CC(C)O.Cn1c(COc2ccc3c(c2)OCO3)nnc1SCC(=O)c1cc(C(C)(C)C)c(O)c(C(C)(C)C)c1. The van der Waals surface area contributed by atoms with Crippen molar-refractivity contribution in [3.63, 3.8) is 0 Å². The minimum Gasteiger partial charge on any atom is -0.507 e. The minimum absolute atomic E-state index is 0.0304. The van der Waals surface area contributed by atoms with Crippen LogP contribution in [0.2, 0.25) is 0 Å². The Morgan fingerprint density at radius 2 is 1.60 bits per heavy atom. The van der Waals surface area contributed by atoms with E-state index in [1.54, 1.807) is 26.0 Å². The number of aromatic hydroxyl groups is 1. The maximum atomic E-state index is 13.2. The number of carbonyl (C=O) groups excluding carboxylic acids is 1. The number of fused-ring (bicyclic) bond motifs is 1. The number of ether oxygens (including phenoxy) is 3. The lowest BCUT2D eigenvalue weighted by Gasteiger charge is -2.28. The summed E-state index contributed by atoms with van der Waals surface area (Å²) in [6, 6.07) is 9.03. The summed E-state index contributed by atoms with van der Waals surface area (Å²) in [5.74, 6) is 3.06. The number of ketones is 1. The number of Topliss-reactive ketones (excluding diaryl/α,β-unsaturated/α-hetero) is 1. The predicted molar refractivity (Wildman–Crippen MR) is 156 cm³/mol. The number of aliphatic hydroxyl groups excluding tert-OH is 1. The molecule has 2 aromatic carbocycles. The molecule has 0 saturated heterocycles. The molecule has 3 aromatic rings. The summed E-state index contributed by atoms with van der Waals surface area (Å²) < 4.78 is 18.4. The summed E-state index contributed by atoms with van der Waals surface area (Å²) in [7, 11) is 1.85. The van der Waals surface area contributed by atoms with Crippen LogP contribution in [0.25, 0.3) is 0 Å². The Labute approximate surface area is 240 Å². The number of phenols is 1. The average molecular weight is 572 g/mol. The van der Waals surface area contributed by atoms with E-state index in [0.717, 1.165) is 11.1 Å². The lowest BCUT2D eigenvalue weighted by Crippen LogP contribution is -2.19. The molecule has 0 radical (unpaired) electrons. The van der Waals surface area contributed by atoms with Crippen LogP contribution < -0.4 is 14.2 Å². The highest BCUT2D eigenvalue weighted by Gasteiger charge is 2.28. The van der Waals surface area contributed by atoms with Crippen LogP contribution in [0.1, 0.15) is 82.7 Å². The second kappa shape index (κ2) is 12.5. The van der Waals surface area contributed by atoms with Crippen LogP contribution in [-0.4, -0.2) is 49.4 Å². The Hall–Kier alpha value is -3.24. The molecule has 10 heteroatoms. The number of hydrogen-bond acceptors (Lipinski definition) is 9. The first-order chi connectivity index (χ1) is 18.6. The quantitative estimate of drug-likeness (QED) is 0.269. The monoisotopic (exact) mass is 571 g/mol. The number of rotatable bonds is 7. The van der Waals surface area contributed by atoms with Crippen molar-refractivity contribution in [2.45, 2.75) is 84.1 Å². The molecular weight excluding hydrogens is 530 g/mol. The molecule has 2 N–H and O–H groups in total. The second-order valence-electron chi connectivity index (χ2n) is 12.0. The topological polar surface area (TPSA) is 116 Å². The fourth-order valence-electron chi connectivity index (χ4n) is 3.86. The van der Waals surface area contributed by atoms with E-state index in [9.17, 15) is 9.90 Å². The Morgan fingerprint density at radius 3 is 2.17 bits per heavy atom. The number of benzene rings is 2. The van der Waals surface area contributed by atoms with E-state index in [1.165, 1.54) is 11.8 Å². The van der Waals surface area contributed by atoms with Gasteiger partial charge in [-0.05, 0) is 48.9 Å². The third-order valence-corrected chi connectivity index (χ3v) is 7.04. The largest absolute Gasteiger partial charge is 0.507 e. The highest BCUT2D eigenvalue weighted by Crippen LogP contribution is 2.40. The number of phenolic OH excluding ortho intramolecular Hbond substituents is 1. The molecule has 0 atom stereocenters. The molecule has 0 saturated carbocycles. The Bertz CT molecular complexity index is 1300. The molecular formula is C30H41N3O6S. The van der Waals surface area contributed by atoms with Crippen molar-refractivity contribution in [3.05, 3.63) is 52.8 Å². The molecule has 0 bridgehead atoms. The highest BCUT2D eigenvalue weighted by atomic mass is 32.2. The molecule has 0 amide bonds. The predicted octanol–water partition coefficient (Wildman–Crippen LogP) is 5.79. The number of carbonyl (C=O) groups is 1. The molecule has 218 valence electrons. The second-order valence-corrected chi connectivity index (χ2v) is 12.9. The van der Waals surface area contributed by atoms with Crippen molar-refractivity contribution in [2.24, 2.45) is 7.05 Å². The van der Waals surface area contributed by atoms with Crippen molar-refractivity contribution in [1.82, 2.24) is 14.8 Å². The van der Waals surface area contributed by atoms with Crippen LogP contribution in [0, 0.1) is 0 Å². The van der Waals surface area contributed by atoms with Crippen molar-refractivity contribution in [2.75, 3.05) is 12.5 Å². The Kier molecular flexibility index (Phi) is 9.79. The van der Waals surface area contributed by atoms with E-state index in [-0.39, 0.29) is 47.6 Å². The maximum absolute atomic E-state index is 13.2. The standard InChI is InChI=1S/C27H33N3O5S.C3H8O/c1-26(2,3)18-10-16(11-19(24(18)32)27(4,5)6)20(31)14-36-25-29-28-23(30(25)7)13-33-17-8-9-21-22(12-17)35-15-34-21;1-3(2)4/h8-12,32H,13-15H2,1-7H3;3-4H,1-2H3. The molecule has 1 aliphatic heterocycles. The van der Waals surface area contributed by atoms with E-state index >= 15 is 0 Å². The lowest BCUT2D eigenvalue weighted by molar-refractivity contribution is 0.102. The van der Waals surface area contributed by atoms with Gasteiger partial charge >= 0.3 is 0 Å². The van der Waals surface area contributed by atoms with Gasteiger partial charge in [0.15, 0.2) is 28.3 Å². The summed E-state index contributed by atoms with van der Waals surface area (Å²) in [6.07, 6.45) is -0.167. The molecule has 0 aliphatic carbocycles. The fraction of sp³-hybridized carbons (Fsp3) is 0.500. The van der Waals surface area contributed by atoms with Gasteiger partial charge in [-0.2, -0.15) is 0 Å². The van der Waals surface area contributed by atoms with Crippen LogP contribution in [0.5, 0.6) is 23.0 Å². The molecule has 4 rings (SSSR count). The van der Waals surface area contributed by atoms with Gasteiger partial charge in [0.05, 0.1) is 5.75 Å². The summed E-state index contributed by atoms with van der Waals surface area (Å²) in [5.41, 5.74) is 1.52. The van der Waals surface area contributed by atoms with Gasteiger partial charge in [0.1, 0.15) is 18.1 Å². The summed E-state index contributed by atoms with van der Waals surface area (Å²) in [5, 5.41) is 28.1. The van der Waals surface area contributed by atoms with Gasteiger partial charge in [-0.15, -0.1) is 10.2 Å². The zero-order chi connectivity index (χ0) is 29.8. The van der Waals surface area contributed by atoms with E-state index in [1.807, 2.05) is 71.4 Å². The molecule has 9 nitrogen and oxygen atoms in total. The van der Waals surface area contributed by atoms with Crippen molar-refractivity contribution < 1.29 is 29.2 Å². The van der Waals surface area contributed by atoms with E-state index in [0.29, 0.717) is 33.8 Å². The van der Waals surface area contributed by atoms with Gasteiger partial charge < -0.3 is 29.0 Å². The van der Waals surface area contributed by atoms with Crippen molar-refractivity contribution >= 4 is 17.5 Å². The smallest absolute Gasteiger partial charge is 0.231 e. The summed E-state index contributed by atoms with van der Waals surface area (Å²) in [6.45, 7) is 16.1. The van der Waals surface area contributed by atoms with Crippen LogP contribution in [0.4, 0.5) is 0 Å². The summed E-state index contributed by atoms with van der Waals surface area (Å²) in [4.78, 5) is 13.2. The zero-order valence-corrected chi connectivity index (χ0v) is 25.7. The first-order valence-corrected chi connectivity index (χ1v) is 14.2. The number of thioether (sulfide) groups is 1. The van der Waals surface area contributed by atoms with Gasteiger partial charge in [0, 0.05) is 35.9 Å². The number of hydrogen-bond donors (Lipinski definition) is 2. The molecule has 2 heterocycles. The molecule has 0 spiro atoms. The van der Waals surface area contributed by atoms with Gasteiger partial charge in [-0.3, -0.25) is 4.79 Å². The normalized spacial score (nSPS) is 12.8. The average Bonchev–Trinajstić information content (AvgIpc) is 3.45. The van der Waals surface area contributed by atoms with E-state index < -0.39 is 0 Å². The third kappa shape index (κ3) is 7.91. The van der Waals surface area contributed by atoms with Gasteiger partial charge in [0.25, 0.3) is 0 Å². The van der Waals surface area contributed by atoms with Crippen molar-refractivity contribution in [1.29, 1.82) is 0 Å². The zero-order valence-electron chi connectivity index (χ0n) is 24.9. The molecule has 0 unspecified atom stereocenters. The maximum Gasteiger partial charge on any atom is 0.231 e. The van der Waals surface area contributed by atoms with Crippen LogP contribution in [0.15, 0.2) is 35.5 Å².